The van der Waals surface area contributed by atoms with Gasteiger partial charge in [-0.15, -0.1) is 0 Å². The second kappa shape index (κ2) is 5.85. The molecule has 0 bridgehead atoms. The standard InChI is InChI=1S/C13H14O3/c1-3-16-13(15)8-10(2)12-6-4-11(9-14)5-7-12/h4-9H,3H2,1-2H3/b10-8+. The summed E-state index contributed by atoms with van der Waals surface area (Å²) in [5, 5.41) is 0. The van der Waals surface area contributed by atoms with Crippen molar-refractivity contribution in [2.45, 2.75) is 13.8 Å². The summed E-state index contributed by atoms with van der Waals surface area (Å²) in [7, 11) is 0. The van der Waals surface area contributed by atoms with E-state index in [0.717, 1.165) is 17.4 Å². The molecule has 0 spiro atoms. The van der Waals surface area contributed by atoms with Gasteiger partial charge in [0.25, 0.3) is 0 Å². The van der Waals surface area contributed by atoms with Crippen LogP contribution in [0.25, 0.3) is 5.57 Å². The second-order valence-electron chi connectivity index (χ2n) is 3.32. The van der Waals surface area contributed by atoms with Crippen molar-refractivity contribution in [1.29, 1.82) is 0 Å². The summed E-state index contributed by atoms with van der Waals surface area (Å²) in [5.74, 6) is -0.348. The van der Waals surface area contributed by atoms with E-state index in [-0.39, 0.29) is 5.97 Å². The van der Waals surface area contributed by atoms with E-state index in [0.29, 0.717) is 12.2 Å². The van der Waals surface area contributed by atoms with Crippen LogP contribution in [-0.2, 0) is 9.53 Å². The first-order chi connectivity index (χ1) is 7.67. The quantitative estimate of drug-likeness (QED) is 0.443. The number of allylic oxidation sites excluding steroid dienone is 1. The molecule has 0 aliphatic heterocycles. The maximum absolute atomic E-state index is 11.2. The van der Waals surface area contributed by atoms with Crippen molar-refractivity contribution in [3.63, 3.8) is 0 Å². The van der Waals surface area contributed by atoms with Gasteiger partial charge < -0.3 is 4.74 Å². The minimum atomic E-state index is -0.348. The number of rotatable bonds is 4. The van der Waals surface area contributed by atoms with Crippen LogP contribution >= 0.6 is 0 Å². The van der Waals surface area contributed by atoms with E-state index >= 15 is 0 Å². The highest BCUT2D eigenvalue weighted by atomic mass is 16.5. The SMILES string of the molecule is CCOC(=O)/C=C(\C)c1ccc(C=O)cc1. The molecule has 3 nitrogen and oxygen atoms in total. The Morgan fingerprint density at radius 3 is 2.44 bits per heavy atom. The van der Waals surface area contributed by atoms with Gasteiger partial charge in [0.2, 0.25) is 0 Å². The summed E-state index contributed by atoms with van der Waals surface area (Å²) in [6, 6.07) is 7.03. The first-order valence-electron chi connectivity index (χ1n) is 5.08. The zero-order valence-corrected chi connectivity index (χ0v) is 9.40. The first-order valence-corrected chi connectivity index (χ1v) is 5.08. The van der Waals surface area contributed by atoms with E-state index in [1.165, 1.54) is 6.08 Å². The lowest BCUT2D eigenvalue weighted by Gasteiger charge is -2.02. The lowest BCUT2D eigenvalue weighted by Crippen LogP contribution is -2.00. The van der Waals surface area contributed by atoms with Gasteiger partial charge in [0.05, 0.1) is 6.61 Å². The topological polar surface area (TPSA) is 43.4 Å². The molecule has 0 saturated carbocycles. The largest absolute Gasteiger partial charge is 0.463 e. The highest BCUT2D eigenvalue weighted by molar-refractivity contribution is 5.91. The molecule has 0 radical (unpaired) electrons. The molecule has 0 aromatic heterocycles. The fourth-order valence-electron chi connectivity index (χ4n) is 1.27. The van der Waals surface area contributed by atoms with Gasteiger partial charge in [0.15, 0.2) is 0 Å². The third-order valence-corrected chi connectivity index (χ3v) is 2.12. The van der Waals surface area contributed by atoms with E-state index < -0.39 is 0 Å². The lowest BCUT2D eigenvalue weighted by molar-refractivity contribution is -0.137. The van der Waals surface area contributed by atoms with Gasteiger partial charge in [-0.3, -0.25) is 4.79 Å². The molecule has 1 rings (SSSR count). The van der Waals surface area contributed by atoms with Gasteiger partial charge >= 0.3 is 5.97 Å². The van der Waals surface area contributed by atoms with Crippen LogP contribution in [-0.4, -0.2) is 18.9 Å². The number of benzene rings is 1. The van der Waals surface area contributed by atoms with Crippen LogP contribution in [0.15, 0.2) is 30.3 Å². The highest BCUT2D eigenvalue weighted by Gasteiger charge is 2.00. The molecule has 0 N–H and O–H groups in total. The Balaban J connectivity index is 2.83. The Hall–Kier alpha value is -1.90. The molecule has 0 heterocycles. The van der Waals surface area contributed by atoms with E-state index in [2.05, 4.69) is 0 Å². The van der Waals surface area contributed by atoms with E-state index in [4.69, 9.17) is 4.74 Å². The third kappa shape index (κ3) is 3.35. The van der Waals surface area contributed by atoms with Crippen LogP contribution in [0.2, 0.25) is 0 Å². The van der Waals surface area contributed by atoms with Crippen molar-refractivity contribution in [2.24, 2.45) is 0 Å². The summed E-state index contributed by atoms with van der Waals surface area (Å²) >= 11 is 0. The van der Waals surface area contributed by atoms with Crippen molar-refractivity contribution in [3.8, 4) is 0 Å². The normalized spacial score (nSPS) is 11.0. The van der Waals surface area contributed by atoms with Crippen LogP contribution in [0.1, 0.15) is 29.8 Å². The predicted octanol–water partition coefficient (Wildman–Crippen LogP) is 2.47. The van der Waals surface area contributed by atoms with Gasteiger partial charge in [0.1, 0.15) is 6.29 Å². The minimum Gasteiger partial charge on any atom is -0.463 e. The van der Waals surface area contributed by atoms with Gasteiger partial charge in [-0.05, 0) is 25.0 Å². The van der Waals surface area contributed by atoms with Crippen LogP contribution in [0.3, 0.4) is 0 Å². The molecular weight excluding hydrogens is 204 g/mol. The fraction of sp³-hybridized carbons (Fsp3) is 0.231. The lowest BCUT2D eigenvalue weighted by atomic mass is 10.1. The molecule has 0 aliphatic rings. The molecule has 1 aromatic carbocycles. The summed E-state index contributed by atoms with van der Waals surface area (Å²) < 4.78 is 4.81. The van der Waals surface area contributed by atoms with Crippen LogP contribution in [0, 0.1) is 0 Å². The number of hydrogen-bond acceptors (Lipinski definition) is 3. The first kappa shape index (κ1) is 12.2. The Kier molecular flexibility index (Phi) is 4.45. The Morgan fingerprint density at radius 2 is 1.94 bits per heavy atom. The molecule has 0 unspecified atom stereocenters. The van der Waals surface area contributed by atoms with Crippen molar-refractivity contribution in [1.82, 2.24) is 0 Å². The maximum atomic E-state index is 11.2. The average Bonchev–Trinajstić information content (AvgIpc) is 2.29. The van der Waals surface area contributed by atoms with E-state index in [1.54, 1.807) is 31.2 Å². The Labute approximate surface area is 94.7 Å². The molecular formula is C13H14O3. The minimum absolute atomic E-state index is 0.348. The number of ether oxygens (including phenoxy) is 1. The number of aldehydes is 1. The smallest absolute Gasteiger partial charge is 0.331 e. The molecule has 1 aromatic rings. The number of hydrogen-bond donors (Lipinski definition) is 0. The summed E-state index contributed by atoms with van der Waals surface area (Å²) in [6.07, 6.45) is 2.23. The molecule has 0 atom stereocenters. The molecule has 0 amide bonds. The van der Waals surface area contributed by atoms with Crippen molar-refractivity contribution < 1.29 is 14.3 Å². The van der Waals surface area contributed by atoms with E-state index in [1.807, 2.05) is 6.92 Å². The van der Waals surface area contributed by atoms with Crippen LogP contribution in [0.4, 0.5) is 0 Å². The number of carbonyl (C=O) groups excluding carboxylic acids is 2. The number of esters is 1. The molecule has 0 fully saturated rings. The Morgan fingerprint density at radius 1 is 1.31 bits per heavy atom. The Bertz CT molecular complexity index is 402. The molecule has 16 heavy (non-hydrogen) atoms. The summed E-state index contributed by atoms with van der Waals surface area (Å²) in [5.41, 5.74) is 2.34. The monoisotopic (exact) mass is 218 g/mol. The predicted molar refractivity (Wildman–Crippen MR) is 62.1 cm³/mol. The zero-order valence-electron chi connectivity index (χ0n) is 9.40. The van der Waals surface area contributed by atoms with Gasteiger partial charge in [-0.2, -0.15) is 0 Å². The van der Waals surface area contributed by atoms with Gasteiger partial charge in [0, 0.05) is 11.6 Å². The third-order valence-electron chi connectivity index (χ3n) is 2.12. The molecule has 3 heteroatoms. The van der Waals surface area contributed by atoms with Gasteiger partial charge in [-0.1, -0.05) is 24.3 Å². The molecule has 0 aliphatic carbocycles. The second-order valence-corrected chi connectivity index (χ2v) is 3.32. The van der Waals surface area contributed by atoms with Crippen LogP contribution in [0.5, 0.6) is 0 Å². The zero-order chi connectivity index (χ0) is 12.0. The highest BCUT2D eigenvalue weighted by Crippen LogP contribution is 2.14. The number of carbonyl (C=O) groups is 2. The maximum Gasteiger partial charge on any atom is 0.331 e. The average molecular weight is 218 g/mol. The van der Waals surface area contributed by atoms with E-state index in [9.17, 15) is 9.59 Å². The van der Waals surface area contributed by atoms with Crippen molar-refractivity contribution in [3.05, 3.63) is 41.5 Å². The molecule has 84 valence electrons. The van der Waals surface area contributed by atoms with Crippen molar-refractivity contribution in [2.75, 3.05) is 6.61 Å². The summed E-state index contributed by atoms with van der Waals surface area (Å²) in [4.78, 5) is 21.7. The fourth-order valence-corrected chi connectivity index (χ4v) is 1.27. The summed E-state index contributed by atoms with van der Waals surface area (Å²) in [6.45, 7) is 3.96. The van der Waals surface area contributed by atoms with Crippen LogP contribution < -0.4 is 0 Å². The van der Waals surface area contributed by atoms with Crippen molar-refractivity contribution >= 4 is 17.8 Å². The molecule has 0 saturated heterocycles. The van der Waals surface area contributed by atoms with Gasteiger partial charge in [-0.25, -0.2) is 4.79 Å².